The molecule has 0 bridgehead atoms. The zero-order valence-corrected chi connectivity index (χ0v) is 29.3. The number of benzene rings is 4. The van der Waals surface area contributed by atoms with Crippen molar-refractivity contribution in [3.8, 4) is 0 Å². The SMILES string of the molecule is COC1C[C@H](O[Si](c2ccccc2)(c2ccccc2)C(C)(C)C)[C@@H](CO[Si](c2ccccc2)(c2ccccc2)C(C)(C)C)O1. The molecule has 0 spiro atoms. The first kappa shape index (κ1) is 32.5. The molecule has 3 atom stereocenters. The van der Waals surface area contributed by atoms with Crippen LogP contribution in [0.4, 0.5) is 0 Å². The predicted octanol–water partition coefficient (Wildman–Crippen LogP) is 6.27. The lowest BCUT2D eigenvalue weighted by atomic mass is 10.2. The minimum atomic E-state index is -2.82. The van der Waals surface area contributed by atoms with Crippen LogP contribution < -0.4 is 20.7 Å². The van der Waals surface area contributed by atoms with E-state index in [2.05, 4.69) is 163 Å². The smallest absolute Gasteiger partial charge is 0.261 e. The van der Waals surface area contributed by atoms with Crippen LogP contribution in [0, 0.1) is 0 Å². The fourth-order valence-electron chi connectivity index (χ4n) is 6.99. The first-order valence-electron chi connectivity index (χ1n) is 15.7. The Balaban J connectivity index is 1.57. The quantitative estimate of drug-likeness (QED) is 0.195. The number of hydrogen-bond acceptors (Lipinski definition) is 4. The first-order chi connectivity index (χ1) is 21.0. The highest BCUT2D eigenvalue weighted by Gasteiger charge is 2.55. The van der Waals surface area contributed by atoms with Crippen molar-refractivity contribution < 1.29 is 18.3 Å². The van der Waals surface area contributed by atoms with Crippen LogP contribution in [0.2, 0.25) is 10.1 Å². The molecule has 1 heterocycles. The summed E-state index contributed by atoms with van der Waals surface area (Å²) in [5.74, 6) is 0. The normalized spacial score (nSPS) is 19.7. The fraction of sp³-hybridized carbons (Fsp3) is 0.368. The Kier molecular flexibility index (Phi) is 9.80. The number of rotatable bonds is 10. The second-order valence-corrected chi connectivity index (χ2v) is 22.4. The lowest BCUT2D eigenvalue weighted by molar-refractivity contribution is -0.125. The average molecular weight is 625 g/mol. The van der Waals surface area contributed by atoms with E-state index in [0.29, 0.717) is 13.0 Å². The second-order valence-electron chi connectivity index (χ2n) is 13.9. The Morgan fingerprint density at radius 3 is 1.30 bits per heavy atom. The van der Waals surface area contributed by atoms with Crippen molar-refractivity contribution in [2.24, 2.45) is 0 Å². The van der Waals surface area contributed by atoms with Crippen molar-refractivity contribution in [3.63, 3.8) is 0 Å². The molecule has 44 heavy (non-hydrogen) atoms. The summed E-state index contributed by atoms with van der Waals surface area (Å²) >= 11 is 0. The lowest BCUT2D eigenvalue weighted by Crippen LogP contribution is -2.69. The molecule has 1 saturated heterocycles. The van der Waals surface area contributed by atoms with Gasteiger partial charge in [0.15, 0.2) is 6.29 Å². The van der Waals surface area contributed by atoms with Gasteiger partial charge < -0.3 is 18.3 Å². The van der Waals surface area contributed by atoms with Crippen molar-refractivity contribution in [2.75, 3.05) is 13.7 Å². The second kappa shape index (κ2) is 13.3. The van der Waals surface area contributed by atoms with Crippen LogP contribution in [0.5, 0.6) is 0 Å². The molecule has 4 nitrogen and oxygen atoms in total. The van der Waals surface area contributed by atoms with Gasteiger partial charge in [0.05, 0.1) is 12.7 Å². The van der Waals surface area contributed by atoms with Gasteiger partial charge in [-0.2, -0.15) is 0 Å². The zero-order chi connectivity index (χ0) is 31.4. The zero-order valence-electron chi connectivity index (χ0n) is 27.3. The highest BCUT2D eigenvalue weighted by molar-refractivity contribution is 7.00. The third-order valence-corrected chi connectivity index (χ3v) is 19.1. The molecule has 1 aliphatic heterocycles. The minimum Gasteiger partial charge on any atom is -0.405 e. The number of methoxy groups -OCH3 is 1. The standard InChI is InChI=1S/C38H48O4Si2/c1-37(2,3)43(30-20-12-8-13-21-30,31-22-14-9-15-23-31)40-29-35-34(28-36(39-7)41-35)42-44(38(4,5)6,32-24-16-10-17-25-32)33-26-18-11-19-27-33/h8-27,34-36H,28-29H2,1-7H3/t34-,35+,36?/m0/s1. The van der Waals surface area contributed by atoms with Gasteiger partial charge >= 0.3 is 0 Å². The van der Waals surface area contributed by atoms with Crippen LogP contribution in [0.15, 0.2) is 121 Å². The Morgan fingerprint density at radius 1 is 0.591 bits per heavy atom. The molecule has 1 aliphatic rings. The van der Waals surface area contributed by atoms with E-state index in [0.717, 1.165) is 0 Å². The van der Waals surface area contributed by atoms with Crippen molar-refractivity contribution in [1.29, 1.82) is 0 Å². The van der Waals surface area contributed by atoms with Crippen molar-refractivity contribution in [3.05, 3.63) is 121 Å². The molecule has 1 fully saturated rings. The van der Waals surface area contributed by atoms with E-state index >= 15 is 0 Å². The van der Waals surface area contributed by atoms with E-state index in [1.54, 1.807) is 7.11 Å². The number of ether oxygens (including phenoxy) is 2. The van der Waals surface area contributed by atoms with Gasteiger partial charge in [-0.3, -0.25) is 0 Å². The Bertz CT molecular complexity index is 1370. The highest BCUT2D eigenvalue weighted by atomic mass is 28.4. The molecule has 0 aliphatic carbocycles. The van der Waals surface area contributed by atoms with E-state index < -0.39 is 16.6 Å². The van der Waals surface area contributed by atoms with Gasteiger partial charge in [-0.1, -0.05) is 163 Å². The van der Waals surface area contributed by atoms with E-state index in [-0.39, 0.29) is 28.6 Å². The molecule has 0 amide bonds. The predicted molar refractivity (Wildman–Crippen MR) is 186 cm³/mol. The van der Waals surface area contributed by atoms with Gasteiger partial charge in [0, 0.05) is 13.5 Å². The number of hydrogen-bond donors (Lipinski definition) is 0. The van der Waals surface area contributed by atoms with Crippen molar-refractivity contribution in [1.82, 2.24) is 0 Å². The maximum absolute atomic E-state index is 7.61. The summed E-state index contributed by atoms with van der Waals surface area (Å²) in [5.41, 5.74) is 0. The Labute approximate surface area is 266 Å². The van der Waals surface area contributed by atoms with Crippen molar-refractivity contribution in [2.45, 2.75) is 76.5 Å². The maximum Gasteiger partial charge on any atom is 0.261 e. The highest BCUT2D eigenvalue weighted by Crippen LogP contribution is 2.41. The molecule has 4 aromatic rings. The molecular weight excluding hydrogens is 577 g/mol. The van der Waals surface area contributed by atoms with Crippen LogP contribution in [0.1, 0.15) is 48.0 Å². The monoisotopic (exact) mass is 624 g/mol. The average Bonchev–Trinajstić information content (AvgIpc) is 3.42. The summed E-state index contributed by atoms with van der Waals surface area (Å²) in [5, 5.41) is 4.74. The lowest BCUT2D eigenvalue weighted by Gasteiger charge is -2.46. The van der Waals surface area contributed by atoms with Crippen LogP contribution in [-0.2, 0) is 18.3 Å². The minimum absolute atomic E-state index is 0.136. The van der Waals surface area contributed by atoms with Gasteiger partial charge in [0.2, 0.25) is 0 Å². The van der Waals surface area contributed by atoms with Gasteiger partial charge in [0.1, 0.15) is 6.10 Å². The summed E-state index contributed by atoms with van der Waals surface area (Å²) in [4.78, 5) is 0. The maximum atomic E-state index is 7.61. The molecule has 232 valence electrons. The van der Waals surface area contributed by atoms with Gasteiger partial charge in [-0.25, -0.2) is 0 Å². The van der Waals surface area contributed by atoms with Crippen LogP contribution >= 0.6 is 0 Å². The van der Waals surface area contributed by atoms with Crippen molar-refractivity contribution >= 4 is 37.4 Å². The van der Waals surface area contributed by atoms with E-state index in [1.165, 1.54) is 20.7 Å². The van der Waals surface area contributed by atoms with Gasteiger partial charge in [-0.05, 0) is 30.8 Å². The first-order valence-corrected chi connectivity index (χ1v) is 19.6. The van der Waals surface area contributed by atoms with E-state index in [9.17, 15) is 0 Å². The van der Waals surface area contributed by atoms with Crippen LogP contribution in [0.25, 0.3) is 0 Å². The summed E-state index contributed by atoms with van der Waals surface area (Å²) in [6, 6.07) is 43.2. The topological polar surface area (TPSA) is 36.9 Å². The Morgan fingerprint density at radius 2 is 0.955 bits per heavy atom. The molecule has 4 aromatic carbocycles. The molecule has 6 heteroatoms. The Hall–Kier alpha value is -2.85. The van der Waals surface area contributed by atoms with E-state index in [1.807, 2.05) is 0 Å². The summed E-state index contributed by atoms with van der Waals surface area (Å²) in [6.07, 6.45) is -0.200. The van der Waals surface area contributed by atoms with Gasteiger partial charge in [0.25, 0.3) is 16.6 Å². The summed E-state index contributed by atoms with van der Waals surface area (Å²) in [6.45, 7) is 14.3. The largest absolute Gasteiger partial charge is 0.405 e. The molecule has 0 radical (unpaired) electrons. The molecule has 0 aromatic heterocycles. The van der Waals surface area contributed by atoms with E-state index in [4.69, 9.17) is 18.3 Å². The van der Waals surface area contributed by atoms with Gasteiger partial charge in [-0.15, -0.1) is 0 Å². The molecule has 0 saturated carbocycles. The third kappa shape index (κ3) is 6.16. The fourth-order valence-corrected chi connectivity index (χ4v) is 16.3. The molecule has 0 N–H and O–H groups in total. The summed E-state index contributed by atoms with van der Waals surface area (Å²) < 4.78 is 27.4. The molecular formula is C38H48O4Si2. The molecule has 5 rings (SSSR count). The third-order valence-electron chi connectivity index (χ3n) is 9.05. The molecule has 1 unspecified atom stereocenters. The van der Waals surface area contributed by atoms with Crippen LogP contribution in [-0.4, -0.2) is 48.8 Å². The van der Waals surface area contributed by atoms with Crippen LogP contribution in [0.3, 0.4) is 0 Å². The summed E-state index contributed by atoms with van der Waals surface area (Å²) in [7, 11) is -3.87.